The summed E-state index contributed by atoms with van der Waals surface area (Å²) in [6.07, 6.45) is 0.408. The lowest BCUT2D eigenvalue weighted by molar-refractivity contribution is -0.00575. The van der Waals surface area contributed by atoms with Crippen LogP contribution >= 0.6 is 0 Å². The fraction of sp³-hybridized carbons (Fsp3) is 0.462. The van der Waals surface area contributed by atoms with Crippen LogP contribution in [-0.4, -0.2) is 33.7 Å². The monoisotopic (exact) mass is 319 g/mol. The molecule has 0 aromatic heterocycles. The van der Waals surface area contributed by atoms with Crippen LogP contribution in [0.3, 0.4) is 0 Å². The van der Waals surface area contributed by atoms with Crippen LogP contribution in [0.5, 0.6) is 0 Å². The Kier molecular flexibility index (Phi) is 5.43. The van der Waals surface area contributed by atoms with Gasteiger partial charge in [0.15, 0.2) is 0 Å². The second-order valence-electron chi connectivity index (χ2n) is 5.04. The van der Waals surface area contributed by atoms with Crippen LogP contribution in [0.4, 0.5) is 4.39 Å². The summed E-state index contributed by atoms with van der Waals surface area (Å²) in [5, 5.41) is 4.93. The minimum atomic E-state index is -4.02. The van der Waals surface area contributed by atoms with Gasteiger partial charge in [-0.2, -0.15) is 0 Å². The Balaban J connectivity index is 2.83. The minimum absolute atomic E-state index is 0.0126. The first kappa shape index (κ1) is 17.5. The molecule has 2 N–H and O–H groups in total. The predicted molar refractivity (Wildman–Crippen MR) is 73.8 cm³/mol. The lowest BCUT2D eigenvalue weighted by Crippen LogP contribution is -2.25. The van der Waals surface area contributed by atoms with E-state index in [1.165, 1.54) is 7.11 Å². The first-order valence-corrected chi connectivity index (χ1v) is 7.66. The molecule has 0 aliphatic carbocycles. The smallest absolute Gasteiger partial charge is 0.341 e. The molecular formula is C13H18FNO5S. The zero-order chi connectivity index (χ0) is 16.3. The van der Waals surface area contributed by atoms with Crippen molar-refractivity contribution in [2.45, 2.75) is 30.8 Å². The maximum absolute atomic E-state index is 13.6. The number of sulfonamides is 1. The summed E-state index contributed by atoms with van der Waals surface area (Å²) in [5.41, 5.74) is -0.960. The van der Waals surface area contributed by atoms with Gasteiger partial charge in [-0.05, 0) is 32.0 Å². The van der Waals surface area contributed by atoms with E-state index >= 15 is 0 Å². The van der Waals surface area contributed by atoms with E-state index in [1.807, 2.05) is 13.8 Å². The number of carbonyl (C=O) groups is 1. The normalized spacial score (nSPS) is 12.2. The molecule has 6 nitrogen and oxygen atoms in total. The molecular weight excluding hydrogens is 301 g/mol. The average molecular weight is 319 g/mol. The number of halogens is 1. The van der Waals surface area contributed by atoms with E-state index < -0.39 is 33.0 Å². The molecule has 1 aromatic carbocycles. The Hall–Kier alpha value is -1.51. The summed E-state index contributed by atoms with van der Waals surface area (Å²) in [6.45, 7) is 3.63. The third-order valence-electron chi connectivity index (χ3n) is 2.98. The lowest BCUT2D eigenvalue weighted by atomic mass is 10.1. The van der Waals surface area contributed by atoms with Crippen molar-refractivity contribution in [3.63, 3.8) is 0 Å². The molecule has 1 aromatic rings. The van der Waals surface area contributed by atoms with Gasteiger partial charge in [0.2, 0.25) is 10.0 Å². The molecule has 0 aliphatic heterocycles. The lowest BCUT2D eigenvalue weighted by Gasteiger charge is -2.22. The molecule has 0 amide bonds. The van der Waals surface area contributed by atoms with Crippen molar-refractivity contribution < 1.29 is 27.1 Å². The largest absolute Gasteiger partial charge is 0.462 e. The number of benzene rings is 1. The molecule has 0 unspecified atom stereocenters. The van der Waals surface area contributed by atoms with E-state index in [1.54, 1.807) is 0 Å². The van der Waals surface area contributed by atoms with Crippen LogP contribution in [-0.2, 0) is 19.5 Å². The number of rotatable bonds is 6. The maximum atomic E-state index is 13.6. The van der Waals surface area contributed by atoms with Gasteiger partial charge in [0.05, 0.1) is 22.7 Å². The van der Waals surface area contributed by atoms with Gasteiger partial charge in [0, 0.05) is 13.5 Å². The molecule has 0 aliphatic rings. The molecule has 0 radical (unpaired) electrons. The van der Waals surface area contributed by atoms with Crippen molar-refractivity contribution in [1.29, 1.82) is 0 Å². The number of nitrogens with two attached hydrogens (primary N) is 1. The first-order chi connectivity index (χ1) is 9.57. The second-order valence-corrected chi connectivity index (χ2v) is 6.60. The predicted octanol–water partition coefficient (Wildman–Crippen LogP) is 1.45. The van der Waals surface area contributed by atoms with Crippen LogP contribution in [0.15, 0.2) is 23.1 Å². The molecule has 0 spiro atoms. The third kappa shape index (κ3) is 5.07. The van der Waals surface area contributed by atoms with Crippen LogP contribution in [0.25, 0.3) is 0 Å². The van der Waals surface area contributed by atoms with Gasteiger partial charge < -0.3 is 9.47 Å². The van der Waals surface area contributed by atoms with Crippen molar-refractivity contribution in [3.05, 3.63) is 29.6 Å². The zero-order valence-electron chi connectivity index (χ0n) is 12.1. The summed E-state index contributed by atoms with van der Waals surface area (Å²) in [5.74, 6) is -1.83. The third-order valence-corrected chi connectivity index (χ3v) is 3.89. The van der Waals surface area contributed by atoms with Gasteiger partial charge in [-0.3, -0.25) is 0 Å². The van der Waals surface area contributed by atoms with Crippen molar-refractivity contribution in [2.75, 3.05) is 13.7 Å². The molecule has 21 heavy (non-hydrogen) atoms. The van der Waals surface area contributed by atoms with E-state index in [4.69, 9.17) is 14.6 Å². The van der Waals surface area contributed by atoms with Crippen molar-refractivity contribution in [3.8, 4) is 0 Å². The molecule has 8 heteroatoms. The first-order valence-electron chi connectivity index (χ1n) is 6.11. The molecule has 0 fully saturated rings. The zero-order valence-corrected chi connectivity index (χ0v) is 12.9. The Morgan fingerprint density at radius 3 is 2.52 bits per heavy atom. The maximum Gasteiger partial charge on any atom is 0.341 e. The Morgan fingerprint density at radius 1 is 1.38 bits per heavy atom. The van der Waals surface area contributed by atoms with Crippen molar-refractivity contribution >= 4 is 16.0 Å². The van der Waals surface area contributed by atoms with Crippen LogP contribution in [0.1, 0.15) is 30.6 Å². The molecule has 1 rings (SSSR count). The van der Waals surface area contributed by atoms with E-state index in [2.05, 4.69) is 0 Å². The highest BCUT2D eigenvalue weighted by Gasteiger charge is 2.20. The number of esters is 1. The summed E-state index contributed by atoms with van der Waals surface area (Å²) in [6, 6.07) is 2.69. The molecule has 0 saturated carbocycles. The Bertz CT molecular complexity index is 627. The Labute approximate surface area is 123 Å². The number of hydrogen-bond donors (Lipinski definition) is 1. The van der Waals surface area contributed by atoms with Gasteiger partial charge in [-0.1, -0.05) is 0 Å². The highest BCUT2D eigenvalue weighted by Crippen LogP contribution is 2.17. The van der Waals surface area contributed by atoms with E-state index in [-0.39, 0.29) is 11.5 Å². The fourth-order valence-electron chi connectivity index (χ4n) is 1.41. The number of methoxy groups -OCH3 is 1. The molecule has 0 atom stereocenters. The quantitative estimate of drug-likeness (QED) is 0.801. The van der Waals surface area contributed by atoms with Crippen molar-refractivity contribution in [2.24, 2.45) is 5.14 Å². The average Bonchev–Trinajstić information content (AvgIpc) is 2.37. The minimum Gasteiger partial charge on any atom is -0.462 e. The SMILES string of the molecule is COC(C)(C)CCOC(=O)c1cc(S(N)(=O)=O)ccc1F. The molecule has 0 bridgehead atoms. The summed E-state index contributed by atoms with van der Waals surface area (Å²) >= 11 is 0. The molecule has 118 valence electrons. The van der Waals surface area contributed by atoms with Gasteiger partial charge in [0.1, 0.15) is 5.82 Å². The fourth-order valence-corrected chi connectivity index (χ4v) is 1.95. The van der Waals surface area contributed by atoms with Gasteiger partial charge in [-0.15, -0.1) is 0 Å². The number of ether oxygens (including phenoxy) is 2. The summed E-state index contributed by atoms with van der Waals surface area (Å²) in [7, 11) is -2.49. The van der Waals surface area contributed by atoms with E-state index in [0.717, 1.165) is 18.2 Å². The highest BCUT2D eigenvalue weighted by molar-refractivity contribution is 7.89. The van der Waals surface area contributed by atoms with Crippen molar-refractivity contribution in [1.82, 2.24) is 0 Å². The van der Waals surface area contributed by atoms with E-state index in [9.17, 15) is 17.6 Å². The standard InChI is InChI=1S/C13H18FNO5S/c1-13(2,19-3)6-7-20-12(16)10-8-9(21(15,17)18)4-5-11(10)14/h4-5,8H,6-7H2,1-3H3,(H2,15,17,18). The number of primary sulfonamides is 1. The summed E-state index contributed by atoms with van der Waals surface area (Å²) < 4.78 is 46.0. The topological polar surface area (TPSA) is 95.7 Å². The Morgan fingerprint density at radius 2 is 2.00 bits per heavy atom. The van der Waals surface area contributed by atoms with Crippen LogP contribution in [0.2, 0.25) is 0 Å². The van der Waals surface area contributed by atoms with E-state index in [0.29, 0.717) is 6.42 Å². The van der Waals surface area contributed by atoms with Crippen LogP contribution < -0.4 is 5.14 Å². The van der Waals surface area contributed by atoms with Gasteiger partial charge in [0.25, 0.3) is 0 Å². The van der Waals surface area contributed by atoms with Crippen LogP contribution in [0, 0.1) is 5.82 Å². The number of carbonyl (C=O) groups excluding carboxylic acids is 1. The number of hydrogen-bond acceptors (Lipinski definition) is 5. The van der Waals surface area contributed by atoms with Gasteiger partial charge in [-0.25, -0.2) is 22.7 Å². The molecule has 0 saturated heterocycles. The van der Waals surface area contributed by atoms with Gasteiger partial charge >= 0.3 is 5.97 Å². The second kappa shape index (κ2) is 6.50. The molecule has 0 heterocycles. The summed E-state index contributed by atoms with van der Waals surface area (Å²) in [4.78, 5) is 11.4. The highest BCUT2D eigenvalue weighted by atomic mass is 32.2.